The zero-order valence-corrected chi connectivity index (χ0v) is 17.6. The van der Waals surface area contributed by atoms with Gasteiger partial charge in [0.1, 0.15) is 0 Å². The Bertz CT molecular complexity index is 1220. The number of carbonyl (C=O) groups is 3. The highest BCUT2D eigenvalue weighted by molar-refractivity contribution is 7.14. The minimum Gasteiger partial charge on any atom is -0.298 e. The monoisotopic (exact) mass is 457 g/mol. The lowest BCUT2D eigenvalue weighted by Gasteiger charge is -2.09. The molecule has 1 aliphatic rings. The second-order valence-electron chi connectivity index (χ2n) is 6.39. The van der Waals surface area contributed by atoms with Crippen molar-refractivity contribution >= 4 is 57.4 Å². The van der Waals surface area contributed by atoms with Crippen LogP contribution in [0.3, 0.4) is 0 Å². The molecule has 1 aliphatic heterocycles. The number of aromatic nitrogens is 1. The van der Waals surface area contributed by atoms with Gasteiger partial charge in [0, 0.05) is 28.1 Å². The van der Waals surface area contributed by atoms with E-state index in [0.29, 0.717) is 26.4 Å². The molecular weight excluding hydrogens is 445 g/mol. The molecule has 30 heavy (non-hydrogen) atoms. The molecule has 2 aromatic carbocycles. The van der Waals surface area contributed by atoms with E-state index in [0.717, 1.165) is 4.90 Å². The Hall–Kier alpha value is -3.00. The molecule has 0 fully saturated rings. The molecule has 150 valence electrons. The first-order valence-electron chi connectivity index (χ1n) is 8.72. The molecule has 9 heteroatoms. The molecule has 0 atom stereocenters. The molecule has 0 aliphatic carbocycles. The molecule has 0 radical (unpaired) electrons. The van der Waals surface area contributed by atoms with Gasteiger partial charge in [-0.1, -0.05) is 29.3 Å². The third-order valence-electron chi connectivity index (χ3n) is 4.48. The van der Waals surface area contributed by atoms with Crippen LogP contribution in [0.2, 0.25) is 10.0 Å². The fourth-order valence-corrected chi connectivity index (χ4v) is 4.26. The van der Waals surface area contributed by atoms with Crippen molar-refractivity contribution in [2.45, 2.75) is 0 Å². The van der Waals surface area contributed by atoms with Gasteiger partial charge in [-0.3, -0.25) is 24.6 Å². The maximum atomic E-state index is 12.7. The lowest BCUT2D eigenvalue weighted by molar-refractivity contribution is 0.0672. The quantitative estimate of drug-likeness (QED) is 0.424. The minimum atomic E-state index is -0.446. The Morgan fingerprint density at radius 1 is 1.10 bits per heavy atom. The SMILES string of the molecule is C=CCN1C(=O)c2ccc(C(=O)Nc3nc(-c4ccc(Cl)cc4Cl)cs3)cc2C1=O. The number of carbonyl (C=O) groups excluding carboxylic acids is 3. The van der Waals surface area contributed by atoms with Crippen LogP contribution in [0.4, 0.5) is 5.13 Å². The minimum absolute atomic E-state index is 0.114. The molecule has 3 amide bonds. The smallest absolute Gasteiger partial charge is 0.261 e. The second kappa shape index (κ2) is 8.02. The Morgan fingerprint density at radius 2 is 1.83 bits per heavy atom. The predicted octanol–water partition coefficient (Wildman–Crippen LogP) is 5.15. The Labute approximate surface area is 185 Å². The van der Waals surface area contributed by atoms with E-state index >= 15 is 0 Å². The summed E-state index contributed by atoms with van der Waals surface area (Å²) in [6.45, 7) is 3.67. The van der Waals surface area contributed by atoms with Gasteiger partial charge in [-0.05, 0) is 36.4 Å². The van der Waals surface area contributed by atoms with E-state index in [2.05, 4.69) is 16.9 Å². The summed E-state index contributed by atoms with van der Waals surface area (Å²) in [5.41, 5.74) is 2.01. The summed E-state index contributed by atoms with van der Waals surface area (Å²) < 4.78 is 0. The van der Waals surface area contributed by atoms with Crippen LogP contribution >= 0.6 is 34.5 Å². The van der Waals surface area contributed by atoms with Crippen molar-refractivity contribution in [2.24, 2.45) is 0 Å². The molecule has 0 saturated carbocycles. The highest BCUT2D eigenvalue weighted by Crippen LogP contribution is 2.32. The standard InChI is InChI=1S/C21H13Cl2N3O3S/c1-2-7-26-19(28)13-5-3-11(8-15(13)20(26)29)18(27)25-21-24-17(10-30-21)14-6-4-12(22)9-16(14)23/h2-6,8-10H,1,7H2,(H,24,25,27). The molecule has 3 aromatic rings. The predicted molar refractivity (Wildman–Crippen MR) is 118 cm³/mol. The van der Waals surface area contributed by atoms with Gasteiger partial charge in [0.05, 0.1) is 21.8 Å². The number of nitrogens with zero attached hydrogens (tertiary/aromatic N) is 2. The lowest BCUT2D eigenvalue weighted by atomic mass is 10.1. The maximum Gasteiger partial charge on any atom is 0.261 e. The van der Waals surface area contributed by atoms with Crippen LogP contribution in [0, 0.1) is 0 Å². The summed E-state index contributed by atoms with van der Waals surface area (Å²) in [6, 6.07) is 9.48. The van der Waals surface area contributed by atoms with E-state index in [-0.39, 0.29) is 23.2 Å². The highest BCUT2D eigenvalue weighted by atomic mass is 35.5. The second-order valence-corrected chi connectivity index (χ2v) is 8.09. The number of nitrogens with one attached hydrogen (secondary N) is 1. The number of anilines is 1. The number of rotatable bonds is 5. The van der Waals surface area contributed by atoms with Crippen molar-refractivity contribution in [3.05, 3.63) is 81.2 Å². The average molecular weight is 458 g/mol. The number of amides is 3. The summed E-state index contributed by atoms with van der Waals surface area (Å²) in [6.07, 6.45) is 1.47. The van der Waals surface area contributed by atoms with Gasteiger partial charge in [0.15, 0.2) is 5.13 Å². The van der Waals surface area contributed by atoms with Crippen LogP contribution < -0.4 is 5.32 Å². The van der Waals surface area contributed by atoms with Gasteiger partial charge in [-0.25, -0.2) is 4.98 Å². The van der Waals surface area contributed by atoms with Crippen molar-refractivity contribution in [1.82, 2.24) is 9.88 Å². The summed E-state index contributed by atoms with van der Waals surface area (Å²) in [5.74, 6) is -1.28. The molecule has 1 N–H and O–H groups in total. The van der Waals surface area contributed by atoms with Gasteiger partial charge < -0.3 is 0 Å². The van der Waals surface area contributed by atoms with Crippen LogP contribution in [-0.2, 0) is 0 Å². The molecule has 0 bridgehead atoms. The average Bonchev–Trinajstić information content (AvgIpc) is 3.26. The van der Waals surface area contributed by atoms with Crippen LogP contribution in [0.25, 0.3) is 11.3 Å². The van der Waals surface area contributed by atoms with Crippen LogP contribution in [0.5, 0.6) is 0 Å². The summed E-state index contributed by atoms with van der Waals surface area (Å²) in [7, 11) is 0. The molecule has 1 aromatic heterocycles. The molecule has 4 rings (SSSR count). The molecular formula is C21H13Cl2N3O3S. The fraction of sp³-hybridized carbons (Fsp3) is 0.0476. The number of hydrogen-bond donors (Lipinski definition) is 1. The zero-order chi connectivity index (χ0) is 21.4. The van der Waals surface area contributed by atoms with Crippen molar-refractivity contribution in [2.75, 3.05) is 11.9 Å². The van der Waals surface area contributed by atoms with Crippen molar-refractivity contribution in [3.63, 3.8) is 0 Å². The summed E-state index contributed by atoms with van der Waals surface area (Å²) in [4.78, 5) is 42.9. The molecule has 2 heterocycles. The van der Waals surface area contributed by atoms with Crippen molar-refractivity contribution in [1.29, 1.82) is 0 Å². The zero-order valence-electron chi connectivity index (χ0n) is 15.3. The number of halogens is 2. The fourth-order valence-electron chi connectivity index (χ4n) is 3.05. The van der Waals surface area contributed by atoms with Gasteiger partial charge >= 0.3 is 0 Å². The number of fused-ring (bicyclic) bond motifs is 1. The maximum absolute atomic E-state index is 12.7. The Kier molecular flexibility index (Phi) is 5.42. The highest BCUT2D eigenvalue weighted by Gasteiger charge is 2.35. The molecule has 0 unspecified atom stereocenters. The third-order valence-corrected chi connectivity index (χ3v) is 5.78. The normalized spacial score (nSPS) is 12.8. The number of imide groups is 1. The first-order valence-corrected chi connectivity index (χ1v) is 10.4. The van der Waals surface area contributed by atoms with E-state index in [1.165, 1.54) is 35.6 Å². The summed E-state index contributed by atoms with van der Waals surface area (Å²) >= 11 is 13.4. The number of hydrogen-bond acceptors (Lipinski definition) is 5. The summed E-state index contributed by atoms with van der Waals surface area (Å²) in [5, 5.41) is 5.82. The number of benzene rings is 2. The topological polar surface area (TPSA) is 79.4 Å². The van der Waals surface area contributed by atoms with Gasteiger partial charge in [0.25, 0.3) is 17.7 Å². The van der Waals surface area contributed by atoms with Gasteiger partial charge in [-0.2, -0.15) is 0 Å². The molecule has 0 saturated heterocycles. The van der Waals surface area contributed by atoms with E-state index in [1.54, 1.807) is 23.6 Å². The van der Waals surface area contributed by atoms with Gasteiger partial charge in [0.2, 0.25) is 0 Å². The van der Waals surface area contributed by atoms with Crippen molar-refractivity contribution < 1.29 is 14.4 Å². The first-order chi connectivity index (χ1) is 14.4. The first kappa shape index (κ1) is 20.3. The Morgan fingerprint density at radius 3 is 2.57 bits per heavy atom. The molecule has 6 nitrogen and oxygen atoms in total. The van der Waals surface area contributed by atoms with E-state index in [4.69, 9.17) is 23.2 Å². The lowest BCUT2D eigenvalue weighted by Crippen LogP contribution is -2.29. The van der Waals surface area contributed by atoms with Gasteiger partial charge in [-0.15, -0.1) is 17.9 Å². The molecule has 0 spiro atoms. The Balaban J connectivity index is 1.55. The number of thiazole rings is 1. The van der Waals surface area contributed by atoms with E-state index in [1.807, 2.05) is 0 Å². The van der Waals surface area contributed by atoms with E-state index < -0.39 is 17.7 Å². The van der Waals surface area contributed by atoms with E-state index in [9.17, 15) is 14.4 Å². The van der Waals surface area contributed by atoms with Crippen LogP contribution in [0.15, 0.2) is 54.4 Å². The van der Waals surface area contributed by atoms with Crippen LogP contribution in [0.1, 0.15) is 31.1 Å². The van der Waals surface area contributed by atoms with Crippen molar-refractivity contribution in [3.8, 4) is 11.3 Å². The van der Waals surface area contributed by atoms with Crippen LogP contribution in [-0.4, -0.2) is 34.2 Å². The largest absolute Gasteiger partial charge is 0.298 e. The third kappa shape index (κ3) is 3.63.